The summed E-state index contributed by atoms with van der Waals surface area (Å²) in [6, 6.07) is 8.98. The number of anilines is 1. The largest absolute Gasteiger partial charge is 0.358 e. The number of hydrogen-bond acceptors (Lipinski definition) is 5. The number of carbonyl (C=O) groups is 1. The Labute approximate surface area is 150 Å². The van der Waals surface area contributed by atoms with Crippen molar-refractivity contribution in [2.24, 2.45) is 0 Å². The van der Waals surface area contributed by atoms with E-state index >= 15 is 0 Å². The number of amides is 1. The molecule has 1 aromatic heterocycles. The van der Waals surface area contributed by atoms with Gasteiger partial charge in [0.2, 0.25) is 0 Å². The van der Waals surface area contributed by atoms with Crippen molar-refractivity contribution in [3.8, 4) is 0 Å². The second kappa shape index (κ2) is 7.23. The lowest BCUT2D eigenvalue weighted by molar-refractivity contribution is -0.384. The third-order valence-corrected chi connectivity index (χ3v) is 5.26. The molecule has 7 heteroatoms. The van der Waals surface area contributed by atoms with E-state index in [-0.39, 0.29) is 23.7 Å². The summed E-state index contributed by atoms with van der Waals surface area (Å²) in [5, 5.41) is 16.4. The molecule has 3 rings (SSSR count). The maximum Gasteiger partial charge on any atom is 0.293 e. The van der Waals surface area contributed by atoms with Crippen molar-refractivity contribution in [3.05, 3.63) is 56.3 Å². The van der Waals surface area contributed by atoms with Crippen LogP contribution in [-0.2, 0) is 0 Å². The van der Waals surface area contributed by atoms with Gasteiger partial charge < -0.3 is 10.2 Å². The predicted molar refractivity (Wildman–Crippen MR) is 99.3 cm³/mol. The van der Waals surface area contributed by atoms with Gasteiger partial charge in [-0.25, -0.2) is 0 Å². The molecule has 0 spiro atoms. The monoisotopic (exact) mass is 359 g/mol. The van der Waals surface area contributed by atoms with E-state index in [2.05, 4.69) is 16.3 Å². The molecule has 1 aliphatic rings. The number of rotatable bonds is 5. The van der Waals surface area contributed by atoms with Crippen molar-refractivity contribution < 1.29 is 9.72 Å². The average Bonchev–Trinajstić information content (AvgIpc) is 3.24. The minimum absolute atomic E-state index is 0.0140. The summed E-state index contributed by atoms with van der Waals surface area (Å²) in [5.41, 5.74) is 0.887. The van der Waals surface area contributed by atoms with Gasteiger partial charge in [-0.3, -0.25) is 14.9 Å². The maximum atomic E-state index is 12.2. The van der Waals surface area contributed by atoms with Crippen LogP contribution in [0.25, 0.3) is 0 Å². The molecule has 1 atom stereocenters. The lowest BCUT2D eigenvalue weighted by atomic mass is 10.1. The van der Waals surface area contributed by atoms with Gasteiger partial charge >= 0.3 is 0 Å². The normalized spacial score (nSPS) is 17.1. The summed E-state index contributed by atoms with van der Waals surface area (Å²) >= 11 is 1.67. The zero-order valence-electron chi connectivity index (χ0n) is 14.3. The Morgan fingerprint density at radius 2 is 2.20 bits per heavy atom. The average molecular weight is 359 g/mol. The number of carbonyl (C=O) groups excluding carboxylic acids is 1. The third kappa shape index (κ3) is 3.66. The summed E-state index contributed by atoms with van der Waals surface area (Å²) in [7, 11) is 0. The smallest absolute Gasteiger partial charge is 0.293 e. The molecule has 1 amide bonds. The van der Waals surface area contributed by atoms with E-state index in [1.54, 1.807) is 23.5 Å². The highest BCUT2D eigenvalue weighted by Gasteiger charge is 2.31. The maximum absolute atomic E-state index is 12.2. The van der Waals surface area contributed by atoms with E-state index in [0.29, 0.717) is 11.3 Å². The molecule has 1 saturated heterocycles. The zero-order chi connectivity index (χ0) is 18.0. The molecule has 2 aromatic rings. The van der Waals surface area contributed by atoms with Crippen LogP contribution in [0.2, 0.25) is 0 Å². The van der Waals surface area contributed by atoms with Gasteiger partial charge in [-0.1, -0.05) is 6.07 Å². The summed E-state index contributed by atoms with van der Waals surface area (Å²) in [6.07, 6.45) is 1.97. The van der Waals surface area contributed by atoms with Gasteiger partial charge in [-0.05, 0) is 50.3 Å². The summed E-state index contributed by atoms with van der Waals surface area (Å²) in [6.45, 7) is 4.49. The molecule has 0 aliphatic carbocycles. The lowest BCUT2D eigenvalue weighted by Gasteiger charge is -2.26. The zero-order valence-corrected chi connectivity index (χ0v) is 15.1. The number of hydrogen-bond donors (Lipinski definition) is 1. The van der Waals surface area contributed by atoms with E-state index in [9.17, 15) is 14.9 Å². The highest BCUT2D eigenvalue weighted by molar-refractivity contribution is 7.10. The van der Waals surface area contributed by atoms with Crippen molar-refractivity contribution in [1.29, 1.82) is 0 Å². The number of thiophene rings is 1. The molecule has 1 N–H and O–H groups in total. The minimum Gasteiger partial charge on any atom is -0.358 e. The summed E-state index contributed by atoms with van der Waals surface area (Å²) in [5.74, 6) is -0.291. The van der Waals surface area contributed by atoms with Crippen LogP contribution in [0.3, 0.4) is 0 Å². The summed E-state index contributed by atoms with van der Waals surface area (Å²) < 4.78 is 0. The van der Waals surface area contributed by atoms with Crippen LogP contribution >= 0.6 is 11.3 Å². The van der Waals surface area contributed by atoms with Crippen LogP contribution < -0.4 is 10.2 Å². The van der Waals surface area contributed by atoms with Gasteiger partial charge in [0, 0.05) is 29.1 Å². The number of nitrogens with one attached hydrogen (secondary N) is 1. The highest BCUT2D eigenvalue weighted by atomic mass is 32.1. The van der Waals surface area contributed by atoms with Crippen molar-refractivity contribution in [2.75, 3.05) is 11.4 Å². The Balaban J connectivity index is 1.95. The minimum atomic E-state index is -0.398. The van der Waals surface area contributed by atoms with Crippen molar-refractivity contribution in [3.63, 3.8) is 0 Å². The van der Waals surface area contributed by atoms with E-state index in [0.717, 1.165) is 19.4 Å². The van der Waals surface area contributed by atoms with Crippen LogP contribution in [0.5, 0.6) is 0 Å². The molecule has 1 aromatic carbocycles. The SMILES string of the molecule is CC(C)NC(=O)c1ccc(N2CCCC2c2cccs2)c([N+](=O)[O-])c1. The second-order valence-electron chi connectivity index (χ2n) is 6.46. The van der Waals surface area contributed by atoms with Gasteiger partial charge in [0.1, 0.15) is 5.69 Å². The molecule has 1 aliphatic heterocycles. The van der Waals surface area contributed by atoms with E-state index in [1.807, 2.05) is 25.3 Å². The molecular weight excluding hydrogens is 338 g/mol. The first kappa shape index (κ1) is 17.4. The fourth-order valence-corrected chi connectivity index (χ4v) is 4.10. The number of nitro benzene ring substituents is 1. The molecule has 0 bridgehead atoms. The second-order valence-corrected chi connectivity index (χ2v) is 7.43. The van der Waals surface area contributed by atoms with Gasteiger partial charge in [0.25, 0.3) is 11.6 Å². The van der Waals surface area contributed by atoms with Gasteiger partial charge in [-0.15, -0.1) is 11.3 Å². The van der Waals surface area contributed by atoms with E-state index in [4.69, 9.17) is 0 Å². The topological polar surface area (TPSA) is 75.5 Å². The predicted octanol–water partition coefficient (Wildman–Crippen LogP) is 4.14. The molecule has 2 heterocycles. The quantitative estimate of drug-likeness (QED) is 0.643. The fourth-order valence-electron chi connectivity index (χ4n) is 3.23. The van der Waals surface area contributed by atoms with Crippen LogP contribution in [-0.4, -0.2) is 23.4 Å². The Kier molecular flexibility index (Phi) is 5.03. The van der Waals surface area contributed by atoms with Crippen LogP contribution in [0.4, 0.5) is 11.4 Å². The Morgan fingerprint density at radius 3 is 2.84 bits per heavy atom. The van der Waals surface area contributed by atoms with Crippen LogP contribution in [0.1, 0.15) is 48.0 Å². The van der Waals surface area contributed by atoms with Gasteiger partial charge in [0.15, 0.2) is 0 Å². The molecule has 0 radical (unpaired) electrons. The van der Waals surface area contributed by atoms with Crippen molar-refractivity contribution in [1.82, 2.24) is 5.32 Å². The number of benzene rings is 1. The molecule has 1 unspecified atom stereocenters. The summed E-state index contributed by atoms with van der Waals surface area (Å²) in [4.78, 5) is 26.7. The molecule has 132 valence electrons. The molecule has 0 saturated carbocycles. The fraction of sp³-hybridized carbons (Fsp3) is 0.389. The molecule has 6 nitrogen and oxygen atoms in total. The van der Waals surface area contributed by atoms with E-state index in [1.165, 1.54) is 10.9 Å². The Hall–Kier alpha value is -2.41. The molecule has 25 heavy (non-hydrogen) atoms. The number of nitrogens with zero attached hydrogens (tertiary/aromatic N) is 2. The van der Waals surface area contributed by atoms with Crippen LogP contribution in [0.15, 0.2) is 35.7 Å². The highest BCUT2D eigenvalue weighted by Crippen LogP contribution is 2.41. The Bertz CT molecular complexity index is 774. The van der Waals surface area contributed by atoms with Gasteiger partial charge in [-0.2, -0.15) is 0 Å². The molecule has 1 fully saturated rings. The standard InChI is InChI=1S/C18H21N3O3S/c1-12(2)19-18(22)13-7-8-14(16(11-13)21(23)24)20-9-3-5-15(20)17-6-4-10-25-17/h4,6-8,10-12,15H,3,5,9H2,1-2H3,(H,19,22). The van der Waals surface area contributed by atoms with Gasteiger partial charge in [0.05, 0.1) is 11.0 Å². The first-order chi connectivity index (χ1) is 12.0. The lowest BCUT2D eigenvalue weighted by Crippen LogP contribution is -2.30. The van der Waals surface area contributed by atoms with Crippen molar-refractivity contribution >= 4 is 28.6 Å². The van der Waals surface area contributed by atoms with E-state index < -0.39 is 4.92 Å². The Morgan fingerprint density at radius 1 is 1.40 bits per heavy atom. The first-order valence-corrected chi connectivity index (χ1v) is 9.24. The third-order valence-electron chi connectivity index (χ3n) is 4.29. The van der Waals surface area contributed by atoms with Crippen molar-refractivity contribution in [2.45, 2.75) is 38.8 Å². The molecular formula is C18H21N3O3S. The number of nitro groups is 1. The van der Waals surface area contributed by atoms with Crippen LogP contribution in [0, 0.1) is 10.1 Å². The first-order valence-electron chi connectivity index (χ1n) is 8.36.